The van der Waals surface area contributed by atoms with Crippen LogP contribution in [0.25, 0.3) is 22.3 Å². The van der Waals surface area contributed by atoms with Crippen LogP contribution in [0.3, 0.4) is 0 Å². The second-order valence-electron chi connectivity index (χ2n) is 12.5. The Kier molecular flexibility index (Phi) is 8.79. The fourth-order valence-electron chi connectivity index (χ4n) is 7.18. The first-order valence-electron chi connectivity index (χ1n) is 16.7. The van der Waals surface area contributed by atoms with E-state index in [0.29, 0.717) is 0 Å². The number of H-pyrrole nitrogens is 3. The van der Waals surface area contributed by atoms with Crippen molar-refractivity contribution >= 4 is 86.2 Å². The van der Waals surface area contributed by atoms with E-state index in [1.165, 1.54) is 0 Å². The summed E-state index contributed by atoms with van der Waals surface area (Å²) in [4.78, 5) is 11.6. The van der Waals surface area contributed by atoms with E-state index in [2.05, 4.69) is 228 Å². The molecule has 0 spiro atoms. The van der Waals surface area contributed by atoms with E-state index in [0.717, 1.165) is 102 Å². The van der Waals surface area contributed by atoms with Gasteiger partial charge in [0, 0.05) is 54.5 Å². The molecule has 0 unspecified atom stereocenters. The number of benzene rings is 4. The Bertz CT molecular complexity index is 2860. The Morgan fingerprint density at radius 2 is 0.788 bits per heavy atom. The van der Waals surface area contributed by atoms with Crippen LogP contribution in [0.5, 0.6) is 0 Å². The molecule has 9 rings (SSSR count). The van der Waals surface area contributed by atoms with Gasteiger partial charge in [0.2, 0.25) is 0 Å². The van der Waals surface area contributed by atoms with Crippen LogP contribution >= 0.6 is 63.9 Å². The van der Waals surface area contributed by atoms with Gasteiger partial charge in [-0.15, -0.1) is 0 Å². The highest BCUT2D eigenvalue weighted by molar-refractivity contribution is 9.13. The fourth-order valence-corrected chi connectivity index (χ4v) is 10.0. The Labute approximate surface area is 333 Å². The van der Waals surface area contributed by atoms with Crippen molar-refractivity contribution in [1.29, 1.82) is 0 Å². The molecule has 0 fully saturated rings. The summed E-state index contributed by atoms with van der Waals surface area (Å²) in [6, 6.07) is 53.1. The highest BCUT2D eigenvalue weighted by Crippen LogP contribution is 2.34. The maximum absolute atomic E-state index is 4.10. The average Bonchev–Trinajstić information content (AvgIpc) is 3.98. The van der Waals surface area contributed by atoms with Gasteiger partial charge in [0.25, 0.3) is 0 Å². The first-order chi connectivity index (χ1) is 25.5. The van der Waals surface area contributed by atoms with Crippen molar-refractivity contribution in [2.75, 3.05) is 0 Å². The Morgan fingerprint density at radius 3 is 1.29 bits per heavy atom. The summed E-state index contributed by atoms with van der Waals surface area (Å²) in [5, 5.41) is 3.93. The third-order valence-electron chi connectivity index (χ3n) is 9.46. The summed E-state index contributed by atoms with van der Waals surface area (Å²) < 4.78 is 4.91. The number of hydrogen-bond acceptors (Lipinski definition) is 0. The SMILES string of the molecule is Brc1cc2[nH]c1C(c1ccccc1)=c1c(Br)c(Br)c(n1Br)=C(c1ccccc1)c1ccc([nH]1)C(c1ccccc1)=c1ccc([nH]1)=C2c1ccccc1. The highest BCUT2D eigenvalue weighted by atomic mass is 79.9. The first kappa shape index (κ1) is 33.3. The van der Waals surface area contributed by atoms with Gasteiger partial charge in [-0.3, -0.25) is 3.59 Å². The normalized spacial score (nSPS) is 12.8. The molecule has 3 N–H and O–H groups in total. The van der Waals surface area contributed by atoms with E-state index in [-0.39, 0.29) is 0 Å². The van der Waals surface area contributed by atoms with Gasteiger partial charge in [-0.05, 0) is 100 Å². The first-order valence-corrected chi connectivity index (χ1v) is 19.8. The topological polar surface area (TPSA) is 52.3 Å². The maximum atomic E-state index is 4.10. The zero-order chi connectivity index (χ0) is 35.3. The van der Waals surface area contributed by atoms with Gasteiger partial charge in [0.1, 0.15) is 0 Å². The van der Waals surface area contributed by atoms with Crippen LogP contribution in [0.15, 0.2) is 165 Å². The second kappa shape index (κ2) is 13.7. The van der Waals surface area contributed by atoms with Crippen LogP contribution in [-0.2, 0) is 0 Å². The molecule has 8 bridgehead atoms. The van der Waals surface area contributed by atoms with Crippen molar-refractivity contribution in [3.8, 4) is 0 Å². The third kappa shape index (κ3) is 5.69. The van der Waals surface area contributed by atoms with Crippen LogP contribution < -0.4 is 21.4 Å². The van der Waals surface area contributed by atoms with Crippen molar-refractivity contribution in [2.24, 2.45) is 0 Å². The molecule has 4 nitrogen and oxygen atoms in total. The second-order valence-corrected chi connectivity index (χ2v) is 15.7. The summed E-state index contributed by atoms with van der Waals surface area (Å²) in [5.41, 5.74) is 12.4. The molecule has 252 valence electrons. The molecular formula is C44H28Br4N4. The molecule has 5 heterocycles. The molecule has 0 saturated heterocycles. The lowest BCUT2D eigenvalue weighted by Gasteiger charge is -2.11. The number of nitrogens with zero attached hydrogens (tertiary/aromatic N) is 1. The van der Waals surface area contributed by atoms with Crippen molar-refractivity contribution in [2.45, 2.75) is 0 Å². The number of rotatable bonds is 4. The lowest BCUT2D eigenvalue weighted by molar-refractivity contribution is 1.14. The van der Waals surface area contributed by atoms with Gasteiger partial charge in [0.15, 0.2) is 0 Å². The molecular weight excluding hydrogens is 904 g/mol. The van der Waals surface area contributed by atoms with Gasteiger partial charge in [-0.25, -0.2) is 0 Å². The van der Waals surface area contributed by atoms with Gasteiger partial charge in [0.05, 0.1) is 41.5 Å². The highest BCUT2D eigenvalue weighted by Gasteiger charge is 2.24. The summed E-state index contributed by atoms with van der Waals surface area (Å²) in [6.45, 7) is 0. The number of aromatic nitrogens is 4. The Balaban J connectivity index is 1.52. The molecule has 4 aromatic carbocycles. The largest absolute Gasteiger partial charge is 0.354 e. The van der Waals surface area contributed by atoms with Gasteiger partial charge in [-0.1, -0.05) is 121 Å². The van der Waals surface area contributed by atoms with Crippen molar-refractivity contribution in [1.82, 2.24) is 18.5 Å². The molecule has 52 heavy (non-hydrogen) atoms. The Morgan fingerprint density at radius 1 is 0.385 bits per heavy atom. The van der Waals surface area contributed by atoms with Crippen LogP contribution in [0.4, 0.5) is 0 Å². The minimum absolute atomic E-state index is 0.920. The van der Waals surface area contributed by atoms with E-state index in [1.54, 1.807) is 0 Å². The summed E-state index contributed by atoms with van der Waals surface area (Å²) in [6.07, 6.45) is 0. The van der Waals surface area contributed by atoms with E-state index < -0.39 is 0 Å². The lowest BCUT2D eigenvalue weighted by atomic mass is 10.0. The number of fused-ring (bicyclic) bond motifs is 8. The summed E-state index contributed by atoms with van der Waals surface area (Å²) >= 11 is 16.2. The van der Waals surface area contributed by atoms with Crippen molar-refractivity contribution in [3.05, 3.63) is 232 Å². The van der Waals surface area contributed by atoms with E-state index in [9.17, 15) is 0 Å². The minimum Gasteiger partial charge on any atom is -0.354 e. The Hall–Kier alpha value is -4.60. The zero-order valence-corrected chi connectivity index (χ0v) is 33.7. The number of aromatic amines is 3. The third-order valence-corrected chi connectivity index (χ3v) is 12.9. The predicted octanol–water partition coefficient (Wildman–Crippen LogP) is 9.22. The number of hydrogen-bond donors (Lipinski definition) is 3. The standard InChI is InChI=1S/C44H28Br4N4/c45-30-25-35-37(27-15-7-2-8-16-27)33-22-21-31(49-33)36(26-13-5-1-6-14-26)32-23-24-34(50-32)38(28-17-9-3-10-18-28)43-40(46)41(47)44(52(43)48)39(42(30)51-35)29-19-11-4-12-20-29/h1-25,49-51H. The molecule has 4 aromatic heterocycles. The van der Waals surface area contributed by atoms with E-state index in [1.807, 2.05) is 6.07 Å². The van der Waals surface area contributed by atoms with Crippen LogP contribution in [-0.4, -0.2) is 18.5 Å². The molecule has 1 aliphatic heterocycles. The quantitative estimate of drug-likeness (QED) is 0.158. The molecule has 0 radical (unpaired) electrons. The van der Waals surface area contributed by atoms with Crippen LogP contribution in [0, 0.1) is 0 Å². The number of halogens is 4. The van der Waals surface area contributed by atoms with Crippen molar-refractivity contribution in [3.63, 3.8) is 0 Å². The average molecular weight is 932 g/mol. The van der Waals surface area contributed by atoms with Crippen LogP contribution in [0.1, 0.15) is 45.0 Å². The van der Waals surface area contributed by atoms with Gasteiger partial charge < -0.3 is 15.0 Å². The molecule has 0 saturated carbocycles. The molecule has 8 heteroatoms. The van der Waals surface area contributed by atoms with E-state index in [4.69, 9.17) is 0 Å². The molecule has 0 aliphatic carbocycles. The summed E-state index contributed by atoms with van der Waals surface area (Å²) in [5.74, 6) is 0. The molecule has 8 aromatic rings. The monoisotopic (exact) mass is 928 g/mol. The van der Waals surface area contributed by atoms with E-state index >= 15 is 0 Å². The molecule has 0 atom stereocenters. The maximum Gasteiger partial charge on any atom is 0.0780 e. The molecule has 0 amide bonds. The molecule has 1 aliphatic rings. The zero-order valence-electron chi connectivity index (χ0n) is 27.4. The predicted molar refractivity (Wildman–Crippen MR) is 225 cm³/mol. The van der Waals surface area contributed by atoms with Crippen molar-refractivity contribution < 1.29 is 0 Å². The number of nitrogens with one attached hydrogen (secondary N) is 3. The van der Waals surface area contributed by atoms with Gasteiger partial charge in [-0.2, -0.15) is 0 Å². The van der Waals surface area contributed by atoms with Crippen LogP contribution in [0.2, 0.25) is 0 Å². The minimum atomic E-state index is 0.920. The smallest absolute Gasteiger partial charge is 0.0780 e. The summed E-state index contributed by atoms with van der Waals surface area (Å²) in [7, 11) is 0. The fraction of sp³-hybridized carbons (Fsp3) is 0. The van der Waals surface area contributed by atoms with Gasteiger partial charge >= 0.3 is 0 Å². The lowest BCUT2D eigenvalue weighted by Crippen LogP contribution is -2.25.